The summed E-state index contributed by atoms with van der Waals surface area (Å²) in [4.78, 5) is 2.12. The molecule has 0 saturated carbocycles. The lowest BCUT2D eigenvalue weighted by Gasteiger charge is -2.38. The van der Waals surface area contributed by atoms with Gasteiger partial charge in [-0.3, -0.25) is 4.90 Å². The summed E-state index contributed by atoms with van der Waals surface area (Å²) in [5.41, 5.74) is -0.169. The number of likely N-dealkylation sites (N-methyl/N-ethyl adjacent to an activating group) is 1. The molecule has 0 amide bonds. The first-order valence-electron chi connectivity index (χ1n) is 4.28. The van der Waals surface area contributed by atoms with Crippen LogP contribution in [0.3, 0.4) is 0 Å². The van der Waals surface area contributed by atoms with Crippen molar-refractivity contribution in [3.63, 3.8) is 0 Å². The number of aliphatic hydroxyl groups excluding tert-OH is 1. The highest BCUT2D eigenvalue weighted by molar-refractivity contribution is 4.81. The van der Waals surface area contributed by atoms with Gasteiger partial charge in [-0.15, -0.1) is 0 Å². The van der Waals surface area contributed by atoms with E-state index in [1.165, 1.54) is 0 Å². The molecule has 0 aromatic carbocycles. The molecule has 0 heterocycles. The lowest BCUT2D eigenvalue weighted by molar-refractivity contribution is 0.0195. The van der Waals surface area contributed by atoms with Crippen LogP contribution in [0.2, 0.25) is 0 Å². The van der Waals surface area contributed by atoms with Crippen molar-refractivity contribution in [1.29, 1.82) is 0 Å². The number of hydrogen-bond acceptors (Lipinski definition) is 3. The number of nitrogens with zero attached hydrogens (tertiary/aromatic N) is 1. The van der Waals surface area contributed by atoms with Crippen LogP contribution in [-0.2, 0) is 4.74 Å². The predicted molar refractivity (Wildman–Crippen MR) is 50.3 cm³/mol. The largest absolute Gasteiger partial charge is 0.394 e. The van der Waals surface area contributed by atoms with E-state index < -0.39 is 0 Å². The highest BCUT2D eigenvalue weighted by Gasteiger charge is 2.26. The summed E-state index contributed by atoms with van der Waals surface area (Å²) in [6, 6.07) is 0.331. The Bertz CT molecular complexity index is 126. The fourth-order valence-corrected chi connectivity index (χ4v) is 1.06. The summed E-state index contributed by atoms with van der Waals surface area (Å²) >= 11 is 0. The molecule has 0 bridgehead atoms. The summed E-state index contributed by atoms with van der Waals surface area (Å²) in [6.07, 6.45) is 0. The van der Waals surface area contributed by atoms with Crippen LogP contribution in [0, 0.1) is 0 Å². The van der Waals surface area contributed by atoms with Crippen molar-refractivity contribution in [2.24, 2.45) is 0 Å². The van der Waals surface area contributed by atoms with E-state index in [2.05, 4.69) is 11.8 Å². The monoisotopic (exact) mass is 175 g/mol. The molecule has 0 fully saturated rings. The molecule has 0 aromatic rings. The molecule has 0 aliphatic rings. The normalized spacial score (nSPS) is 15.2. The Labute approximate surface area is 75.3 Å². The van der Waals surface area contributed by atoms with Crippen LogP contribution >= 0.6 is 0 Å². The summed E-state index contributed by atoms with van der Waals surface area (Å²) < 4.78 is 5.04. The zero-order valence-corrected chi connectivity index (χ0v) is 8.79. The van der Waals surface area contributed by atoms with Gasteiger partial charge in [0.2, 0.25) is 0 Å². The average molecular weight is 175 g/mol. The van der Waals surface area contributed by atoms with Crippen molar-refractivity contribution in [3.8, 4) is 0 Å². The number of methoxy groups -OCH3 is 1. The summed E-state index contributed by atoms with van der Waals surface area (Å²) in [6.45, 7) is 6.97. The lowest BCUT2D eigenvalue weighted by Crippen LogP contribution is -2.50. The second-order valence-electron chi connectivity index (χ2n) is 3.89. The van der Waals surface area contributed by atoms with Crippen LogP contribution in [0.25, 0.3) is 0 Å². The van der Waals surface area contributed by atoms with E-state index in [9.17, 15) is 0 Å². The number of aliphatic hydroxyl groups is 1. The van der Waals surface area contributed by atoms with E-state index in [0.29, 0.717) is 12.6 Å². The molecule has 1 N–H and O–H groups in total. The Hall–Kier alpha value is -0.120. The second-order valence-corrected chi connectivity index (χ2v) is 3.89. The van der Waals surface area contributed by atoms with Crippen LogP contribution < -0.4 is 0 Å². The number of hydrogen-bond donors (Lipinski definition) is 1. The van der Waals surface area contributed by atoms with Gasteiger partial charge in [0, 0.05) is 18.7 Å². The van der Waals surface area contributed by atoms with E-state index >= 15 is 0 Å². The van der Waals surface area contributed by atoms with Crippen LogP contribution in [0.4, 0.5) is 0 Å². The molecular formula is C9H21NO2. The summed E-state index contributed by atoms with van der Waals surface area (Å²) in [5.74, 6) is 0. The topological polar surface area (TPSA) is 32.7 Å². The van der Waals surface area contributed by atoms with Crippen LogP contribution in [-0.4, -0.2) is 49.0 Å². The number of ether oxygens (including phenoxy) is 1. The standard InChI is InChI=1S/C9H21NO2/c1-8(6-12-5)10(4)9(2,3)7-11/h8,11H,6-7H2,1-5H3. The third kappa shape index (κ3) is 3.09. The SMILES string of the molecule is COCC(C)N(C)C(C)(C)CO. The van der Waals surface area contributed by atoms with Gasteiger partial charge in [0.15, 0.2) is 0 Å². The molecule has 0 saturated heterocycles. The van der Waals surface area contributed by atoms with Crippen molar-refractivity contribution in [3.05, 3.63) is 0 Å². The van der Waals surface area contributed by atoms with Crippen molar-refractivity contribution >= 4 is 0 Å². The number of rotatable bonds is 5. The Balaban J connectivity index is 4.07. The molecule has 0 aromatic heterocycles. The molecule has 1 atom stereocenters. The van der Waals surface area contributed by atoms with E-state index in [4.69, 9.17) is 9.84 Å². The molecule has 3 heteroatoms. The maximum absolute atomic E-state index is 9.10. The van der Waals surface area contributed by atoms with E-state index in [-0.39, 0.29) is 12.1 Å². The Morgan fingerprint density at radius 3 is 2.33 bits per heavy atom. The molecule has 1 unspecified atom stereocenters. The van der Waals surface area contributed by atoms with Crippen LogP contribution in [0.1, 0.15) is 20.8 Å². The Morgan fingerprint density at radius 1 is 1.50 bits per heavy atom. The fourth-order valence-electron chi connectivity index (χ4n) is 1.06. The lowest BCUT2D eigenvalue weighted by atomic mass is 10.0. The first-order chi connectivity index (χ1) is 5.45. The van der Waals surface area contributed by atoms with Crippen molar-refractivity contribution < 1.29 is 9.84 Å². The molecule has 0 aliphatic carbocycles. The molecule has 3 nitrogen and oxygen atoms in total. The van der Waals surface area contributed by atoms with Gasteiger partial charge in [-0.2, -0.15) is 0 Å². The maximum atomic E-state index is 9.10. The maximum Gasteiger partial charge on any atom is 0.0615 e. The van der Waals surface area contributed by atoms with Crippen molar-refractivity contribution in [2.75, 3.05) is 27.4 Å². The van der Waals surface area contributed by atoms with Gasteiger partial charge in [-0.25, -0.2) is 0 Å². The minimum atomic E-state index is -0.169. The van der Waals surface area contributed by atoms with Gasteiger partial charge < -0.3 is 9.84 Å². The smallest absolute Gasteiger partial charge is 0.0615 e. The summed E-state index contributed by atoms with van der Waals surface area (Å²) in [5, 5.41) is 9.10. The van der Waals surface area contributed by atoms with Crippen LogP contribution in [0.5, 0.6) is 0 Å². The van der Waals surface area contributed by atoms with Gasteiger partial charge in [-0.1, -0.05) is 0 Å². The highest BCUT2D eigenvalue weighted by Crippen LogP contribution is 2.14. The van der Waals surface area contributed by atoms with Gasteiger partial charge in [-0.05, 0) is 27.8 Å². The van der Waals surface area contributed by atoms with Gasteiger partial charge in [0.1, 0.15) is 0 Å². The average Bonchev–Trinajstić information content (AvgIpc) is 2.03. The zero-order chi connectivity index (χ0) is 9.78. The fraction of sp³-hybridized carbons (Fsp3) is 1.00. The molecule has 0 radical (unpaired) electrons. The van der Waals surface area contributed by atoms with Crippen molar-refractivity contribution in [1.82, 2.24) is 4.90 Å². The van der Waals surface area contributed by atoms with Gasteiger partial charge in [0.25, 0.3) is 0 Å². The Morgan fingerprint density at radius 2 is 2.00 bits per heavy atom. The molecular weight excluding hydrogens is 154 g/mol. The first-order valence-corrected chi connectivity index (χ1v) is 4.28. The Kier molecular flexibility index (Phi) is 4.75. The molecule has 74 valence electrons. The quantitative estimate of drug-likeness (QED) is 0.668. The van der Waals surface area contributed by atoms with Gasteiger partial charge >= 0.3 is 0 Å². The molecule has 0 spiro atoms. The van der Waals surface area contributed by atoms with E-state index in [1.807, 2.05) is 20.9 Å². The molecule has 12 heavy (non-hydrogen) atoms. The second kappa shape index (κ2) is 4.80. The van der Waals surface area contributed by atoms with E-state index in [1.54, 1.807) is 7.11 Å². The molecule has 0 rings (SSSR count). The first kappa shape index (κ1) is 11.9. The zero-order valence-electron chi connectivity index (χ0n) is 8.79. The van der Waals surface area contributed by atoms with E-state index in [0.717, 1.165) is 0 Å². The summed E-state index contributed by atoms with van der Waals surface area (Å²) in [7, 11) is 3.69. The predicted octanol–water partition coefficient (Wildman–Crippen LogP) is 0.724. The minimum Gasteiger partial charge on any atom is -0.394 e. The third-order valence-electron chi connectivity index (χ3n) is 2.41. The molecule has 0 aliphatic heterocycles. The van der Waals surface area contributed by atoms with Crippen LogP contribution in [0.15, 0.2) is 0 Å². The van der Waals surface area contributed by atoms with Gasteiger partial charge in [0.05, 0.1) is 13.2 Å². The minimum absolute atomic E-state index is 0.164. The highest BCUT2D eigenvalue weighted by atomic mass is 16.5. The third-order valence-corrected chi connectivity index (χ3v) is 2.41. The van der Waals surface area contributed by atoms with Crippen molar-refractivity contribution in [2.45, 2.75) is 32.4 Å².